The number of carbonyl (C=O) groups excluding carboxylic acids is 4. The third kappa shape index (κ3) is 10.5. The van der Waals surface area contributed by atoms with Gasteiger partial charge < -0.3 is 48.5 Å². The smallest absolute Gasteiger partial charge is 0.309 e. The summed E-state index contributed by atoms with van der Waals surface area (Å²) in [4.78, 5) is 50.5. The first kappa shape index (κ1) is 37.7. The normalized spacial score (nSPS) is 37.9. The second-order valence-corrected chi connectivity index (χ2v) is 12.0. The van der Waals surface area contributed by atoms with E-state index in [4.69, 9.17) is 23.7 Å². The predicted molar refractivity (Wildman–Crippen MR) is 157 cm³/mol. The lowest BCUT2D eigenvalue weighted by Gasteiger charge is -2.52. The average molecular weight is 628 g/mol. The molecule has 0 saturated carbocycles. The zero-order valence-electron chi connectivity index (χ0n) is 26.7. The number of ketones is 1. The van der Waals surface area contributed by atoms with Crippen molar-refractivity contribution in [3.8, 4) is 0 Å². The van der Waals surface area contributed by atoms with Gasteiger partial charge in [-0.05, 0) is 32.3 Å². The molecule has 2 rings (SSSR count). The van der Waals surface area contributed by atoms with Gasteiger partial charge in [0.05, 0.1) is 32.7 Å². The number of carbonyl (C=O) groups is 4. The number of allylic oxidation sites excluding steroid dienone is 3. The molecule has 0 aliphatic carbocycles. The fourth-order valence-corrected chi connectivity index (χ4v) is 5.65. The van der Waals surface area contributed by atoms with Crippen molar-refractivity contribution in [1.29, 1.82) is 0 Å². The molecule has 44 heavy (non-hydrogen) atoms. The van der Waals surface area contributed by atoms with E-state index in [2.05, 4.69) is 0 Å². The zero-order chi connectivity index (χ0) is 33.2. The van der Waals surface area contributed by atoms with Gasteiger partial charge in [0, 0.05) is 32.3 Å². The van der Waals surface area contributed by atoms with E-state index in [0.29, 0.717) is 12.7 Å². The van der Waals surface area contributed by atoms with Gasteiger partial charge in [0.15, 0.2) is 18.2 Å². The highest BCUT2D eigenvalue weighted by molar-refractivity contribution is 5.91. The van der Waals surface area contributed by atoms with Gasteiger partial charge in [-0.2, -0.15) is 0 Å². The number of likely N-dealkylation sites (N-methyl/N-ethyl adjacent to an activating group) is 1. The molecular weight excluding hydrogens is 578 g/mol. The molecule has 0 aromatic rings. The van der Waals surface area contributed by atoms with E-state index in [1.807, 2.05) is 0 Å². The van der Waals surface area contributed by atoms with E-state index in [1.54, 1.807) is 39.0 Å². The quantitative estimate of drug-likeness (QED) is 0.173. The number of ether oxygens (including phenoxy) is 5. The highest BCUT2D eigenvalue weighted by Gasteiger charge is 2.51. The van der Waals surface area contributed by atoms with Gasteiger partial charge in [0.25, 0.3) is 0 Å². The number of hydroxylamine groups is 3. The molecule has 0 bridgehead atoms. The number of quaternary nitrogens is 1. The number of hydrogen-bond acceptors (Lipinski definition) is 12. The lowest BCUT2D eigenvalue weighted by atomic mass is 9.83. The van der Waals surface area contributed by atoms with Crippen LogP contribution in [0.15, 0.2) is 24.3 Å². The van der Waals surface area contributed by atoms with Gasteiger partial charge in [-0.3, -0.25) is 14.4 Å². The monoisotopic (exact) mass is 627 g/mol. The topological polar surface area (TPSA) is 178 Å². The minimum absolute atomic E-state index is 0.0115. The van der Waals surface area contributed by atoms with E-state index < -0.39 is 89.9 Å². The third-order valence-corrected chi connectivity index (χ3v) is 8.03. The molecule has 1 fully saturated rings. The second kappa shape index (κ2) is 17.2. The number of nitrogens with zero attached hydrogens (tertiary/aromatic N) is 1. The van der Waals surface area contributed by atoms with Crippen molar-refractivity contribution in [3.63, 3.8) is 0 Å². The number of hydrogen-bond donors (Lipinski definition) is 2. The van der Waals surface area contributed by atoms with Crippen LogP contribution in [0.4, 0.5) is 0 Å². The number of methoxy groups -OCH3 is 1. The molecule has 2 N–H and O–H groups in total. The van der Waals surface area contributed by atoms with Crippen molar-refractivity contribution in [3.05, 3.63) is 29.5 Å². The van der Waals surface area contributed by atoms with Crippen LogP contribution in [0.5, 0.6) is 0 Å². The van der Waals surface area contributed by atoms with Gasteiger partial charge in [0.2, 0.25) is 0 Å². The van der Waals surface area contributed by atoms with E-state index in [-0.39, 0.29) is 25.0 Å². The molecular formula is C31H49NO12. The Hall–Kier alpha value is -2.52. The average Bonchev–Trinajstić information content (AvgIpc) is 2.93. The van der Waals surface area contributed by atoms with Crippen molar-refractivity contribution >= 4 is 24.0 Å². The molecule has 250 valence electrons. The van der Waals surface area contributed by atoms with Crippen LogP contribution < -0.4 is 0 Å². The maximum atomic E-state index is 13.0. The Balaban J connectivity index is 2.66. The summed E-state index contributed by atoms with van der Waals surface area (Å²) in [7, 11) is 3.86. The highest BCUT2D eigenvalue weighted by Crippen LogP contribution is 2.34. The first-order valence-corrected chi connectivity index (χ1v) is 15.1. The molecule has 2 aliphatic rings. The largest absolute Gasteiger partial charge is 0.633 e. The molecule has 13 heteroatoms. The van der Waals surface area contributed by atoms with Crippen LogP contribution in [0.1, 0.15) is 59.8 Å². The van der Waals surface area contributed by atoms with Gasteiger partial charge in [-0.25, -0.2) is 0 Å². The summed E-state index contributed by atoms with van der Waals surface area (Å²) in [6, 6.07) is -1.26. The lowest BCUT2D eigenvalue weighted by molar-refractivity contribution is -0.879. The van der Waals surface area contributed by atoms with Crippen LogP contribution in [0.2, 0.25) is 0 Å². The van der Waals surface area contributed by atoms with Crippen LogP contribution in [0, 0.1) is 17.0 Å². The summed E-state index contributed by atoms with van der Waals surface area (Å²) >= 11 is 0. The number of aliphatic hydroxyl groups excluding tert-OH is 2. The Morgan fingerprint density at radius 2 is 1.82 bits per heavy atom. The van der Waals surface area contributed by atoms with Crippen molar-refractivity contribution < 1.29 is 57.7 Å². The van der Waals surface area contributed by atoms with Gasteiger partial charge >= 0.3 is 11.9 Å². The maximum Gasteiger partial charge on any atom is 0.309 e. The van der Waals surface area contributed by atoms with Crippen molar-refractivity contribution in [1.82, 2.24) is 0 Å². The van der Waals surface area contributed by atoms with Crippen molar-refractivity contribution in [2.24, 2.45) is 11.8 Å². The summed E-state index contributed by atoms with van der Waals surface area (Å²) in [5, 5.41) is 34.9. The van der Waals surface area contributed by atoms with E-state index in [9.17, 15) is 34.6 Å². The Morgan fingerprint density at radius 1 is 1.14 bits per heavy atom. The summed E-state index contributed by atoms with van der Waals surface area (Å²) in [6.07, 6.45) is -2.58. The Bertz CT molecular complexity index is 1020. The molecule has 0 aromatic carbocycles. The first-order valence-electron chi connectivity index (χ1n) is 15.1. The fraction of sp³-hybridized carbons (Fsp3) is 0.742. The molecule has 13 nitrogen and oxygen atoms in total. The minimum Gasteiger partial charge on any atom is -0.633 e. The Kier molecular flexibility index (Phi) is 14.8. The van der Waals surface area contributed by atoms with E-state index in [1.165, 1.54) is 34.2 Å². The second-order valence-electron chi connectivity index (χ2n) is 12.0. The number of aliphatic hydroxyl groups is 2. The molecule has 0 aromatic heterocycles. The summed E-state index contributed by atoms with van der Waals surface area (Å²) in [5.74, 6) is -2.88. The Labute approximate surface area is 259 Å². The van der Waals surface area contributed by atoms with Gasteiger partial charge in [0.1, 0.15) is 36.7 Å². The lowest BCUT2D eigenvalue weighted by Crippen LogP contribution is -2.67. The van der Waals surface area contributed by atoms with Crippen molar-refractivity contribution in [2.45, 2.75) is 115 Å². The van der Waals surface area contributed by atoms with Crippen molar-refractivity contribution in [2.75, 3.05) is 21.2 Å². The molecule has 0 radical (unpaired) electrons. The summed E-state index contributed by atoms with van der Waals surface area (Å²) in [6.45, 7) is 6.50. The number of esters is 2. The molecule has 0 unspecified atom stereocenters. The van der Waals surface area contributed by atoms with E-state index >= 15 is 0 Å². The van der Waals surface area contributed by atoms with Crippen LogP contribution in [0.25, 0.3) is 0 Å². The molecule has 0 spiro atoms. The third-order valence-electron chi connectivity index (χ3n) is 8.03. The molecule has 0 amide bonds. The van der Waals surface area contributed by atoms with Gasteiger partial charge in [-0.15, -0.1) is 0 Å². The summed E-state index contributed by atoms with van der Waals surface area (Å²) in [5.41, 5.74) is 0. The summed E-state index contributed by atoms with van der Waals surface area (Å²) < 4.78 is 28.1. The van der Waals surface area contributed by atoms with Crippen LogP contribution in [0.3, 0.4) is 0 Å². The van der Waals surface area contributed by atoms with Crippen LogP contribution in [-0.4, -0.2) is 115 Å². The van der Waals surface area contributed by atoms with Crippen LogP contribution >= 0.6 is 0 Å². The zero-order valence-corrected chi connectivity index (χ0v) is 26.7. The number of cyclic esters (lactones) is 1. The number of aldehydes is 1. The molecule has 1 saturated heterocycles. The molecule has 11 atom stereocenters. The minimum atomic E-state index is -1.63. The number of rotatable bonds is 8. The highest BCUT2D eigenvalue weighted by atomic mass is 16.7. The predicted octanol–water partition coefficient (Wildman–Crippen LogP) is 1.76. The SMILES string of the molecule is CCC(=O)O[C@@H]1CC(=O)O[C@H](C)C/C=C/C=C/C(=O)[C@H](C)C[C@H](CC=O)[C@H](O[C@@H]2O[C@H](C)[C@@H](O)[C@H]([N+](C)(C)[O-])[C@H]2O)[C@H]1OC. The maximum absolute atomic E-state index is 13.0. The molecule has 2 aliphatic heterocycles. The first-order chi connectivity index (χ1) is 20.6. The Morgan fingerprint density at radius 3 is 2.41 bits per heavy atom. The van der Waals surface area contributed by atoms with E-state index in [0.717, 1.165) is 0 Å². The van der Waals surface area contributed by atoms with Crippen LogP contribution in [-0.2, 0) is 42.9 Å². The standard InChI is InChI=1S/C31H49NO12/c1-8-24(35)43-23-17-25(36)41-19(3)12-10-9-11-13-22(34)18(2)16-21(14-15-33)29(30(23)40-7)44-31-28(38)26(32(5,6)39)27(37)20(4)42-31/h9-11,13,15,18-21,23,26-31,37-38H,8,12,14,16-17H2,1-7H3/b10-9+,13-11+/t18-,19-,20-,21+,23-,26+,27-,28-,29+,30+,31+/m1/s1. The fourth-order valence-electron chi connectivity index (χ4n) is 5.65. The van der Waals surface area contributed by atoms with Gasteiger partial charge in [-0.1, -0.05) is 32.1 Å². The molecule has 2 heterocycles.